The molecule has 1 aromatic rings. The van der Waals surface area contributed by atoms with Crippen LogP contribution in [0.4, 0.5) is 5.82 Å². The van der Waals surface area contributed by atoms with Gasteiger partial charge in [-0.3, -0.25) is 4.79 Å². The summed E-state index contributed by atoms with van der Waals surface area (Å²) in [4.78, 5) is 16.6. The van der Waals surface area contributed by atoms with Crippen LogP contribution < -0.4 is 5.32 Å². The van der Waals surface area contributed by atoms with Crippen molar-refractivity contribution >= 4 is 35.4 Å². The minimum absolute atomic E-state index is 0.252. The Morgan fingerprint density at radius 3 is 2.74 bits per heavy atom. The van der Waals surface area contributed by atoms with E-state index < -0.39 is 0 Å². The molecule has 1 unspecified atom stereocenters. The largest absolute Gasteiger partial charge is 0.386 e. The number of aromatic nitrogens is 1. The molecule has 0 saturated heterocycles. The summed E-state index contributed by atoms with van der Waals surface area (Å²) in [5.41, 5.74) is 1.05. The molecule has 1 N–H and O–H groups in total. The van der Waals surface area contributed by atoms with Crippen molar-refractivity contribution in [1.82, 2.24) is 4.98 Å². The SMILES string of the molecule is CCCCC(CC)Cc1cnc(NC)c(Cl)c1SOC(=O)CC. The lowest BCUT2D eigenvalue weighted by Crippen LogP contribution is -2.07. The molecule has 0 spiro atoms. The zero-order valence-corrected chi connectivity index (χ0v) is 16.0. The molecule has 0 amide bonds. The van der Waals surface area contributed by atoms with Crippen LogP contribution in [0.3, 0.4) is 0 Å². The second kappa shape index (κ2) is 10.8. The van der Waals surface area contributed by atoms with Gasteiger partial charge in [-0.05, 0) is 17.9 Å². The Labute approximate surface area is 148 Å². The maximum Gasteiger partial charge on any atom is 0.317 e. The summed E-state index contributed by atoms with van der Waals surface area (Å²) >= 11 is 7.49. The van der Waals surface area contributed by atoms with Crippen LogP contribution in [0.5, 0.6) is 0 Å². The zero-order valence-electron chi connectivity index (χ0n) is 14.4. The van der Waals surface area contributed by atoms with Gasteiger partial charge in [-0.2, -0.15) is 0 Å². The van der Waals surface area contributed by atoms with E-state index in [2.05, 4.69) is 24.1 Å². The van der Waals surface area contributed by atoms with Gasteiger partial charge in [0.1, 0.15) is 10.8 Å². The Hall–Kier alpha value is -0.940. The van der Waals surface area contributed by atoms with Gasteiger partial charge in [-0.15, -0.1) is 0 Å². The van der Waals surface area contributed by atoms with Gasteiger partial charge in [0.2, 0.25) is 0 Å². The number of anilines is 1. The average Bonchev–Trinajstić information content (AvgIpc) is 2.57. The molecule has 0 aromatic carbocycles. The molecule has 0 aliphatic rings. The molecule has 0 fully saturated rings. The summed E-state index contributed by atoms with van der Waals surface area (Å²) in [6.07, 6.45) is 7.82. The molecular weight excluding hydrogens is 332 g/mol. The molecule has 4 nitrogen and oxygen atoms in total. The summed E-state index contributed by atoms with van der Waals surface area (Å²) in [6.45, 7) is 6.19. The molecule has 0 radical (unpaired) electrons. The summed E-state index contributed by atoms with van der Waals surface area (Å²) in [5, 5.41) is 3.49. The highest BCUT2D eigenvalue weighted by Crippen LogP contribution is 2.37. The van der Waals surface area contributed by atoms with Crippen molar-refractivity contribution in [2.24, 2.45) is 5.92 Å². The minimum atomic E-state index is -0.252. The second-order valence-corrected chi connectivity index (χ2v) is 6.66. The zero-order chi connectivity index (χ0) is 17.2. The first-order valence-corrected chi connectivity index (χ1v) is 9.41. The summed E-state index contributed by atoms with van der Waals surface area (Å²) in [7, 11) is 1.77. The van der Waals surface area contributed by atoms with Gasteiger partial charge in [0.15, 0.2) is 0 Å². The van der Waals surface area contributed by atoms with Gasteiger partial charge >= 0.3 is 5.97 Å². The molecule has 0 saturated carbocycles. The van der Waals surface area contributed by atoms with Crippen LogP contribution in [0.1, 0.15) is 58.4 Å². The number of rotatable bonds is 10. The third-order valence-electron chi connectivity index (χ3n) is 3.84. The van der Waals surface area contributed by atoms with Crippen molar-refractivity contribution in [1.29, 1.82) is 0 Å². The Kier molecular flexibility index (Phi) is 9.41. The van der Waals surface area contributed by atoms with Crippen LogP contribution in [-0.2, 0) is 15.4 Å². The molecular formula is C17H27ClN2O2S. The lowest BCUT2D eigenvalue weighted by Gasteiger charge is -2.18. The van der Waals surface area contributed by atoms with Gasteiger partial charge in [0.05, 0.1) is 16.9 Å². The van der Waals surface area contributed by atoms with Crippen LogP contribution in [0, 0.1) is 5.92 Å². The monoisotopic (exact) mass is 358 g/mol. The Bertz CT molecular complexity index is 512. The molecule has 1 heterocycles. The molecule has 0 bridgehead atoms. The summed E-state index contributed by atoms with van der Waals surface area (Å²) < 4.78 is 5.23. The molecule has 1 aromatic heterocycles. The number of carbonyl (C=O) groups is 1. The lowest BCUT2D eigenvalue weighted by atomic mass is 9.92. The molecule has 6 heteroatoms. The van der Waals surface area contributed by atoms with Crippen molar-refractivity contribution in [3.05, 3.63) is 16.8 Å². The average molecular weight is 359 g/mol. The van der Waals surface area contributed by atoms with Crippen molar-refractivity contribution in [2.75, 3.05) is 12.4 Å². The van der Waals surface area contributed by atoms with E-state index in [0.717, 1.165) is 35.3 Å². The van der Waals surface area contributed by atoms with Crippen LogP contribution in [-0.4, -0.2) is 18.0 Å². The first-order chi connectivity index (χ1) is 11.1. The van der Waals surface area contributed by atoms with E-state index in [1.807, 2.05) is 6.20 Å². The smallest absolute Gasteiger partial charge is 0.317 e. The molecule has 0 aliphatic heterocycles. The van der Waals surface area contributed by atoms with Gasteiger partial charge in [0, 0.05) is 19.7 Å². The number of nitrogens with zero attached hydrogens (tertiary/aromatic N) is 1. The molecule has 0 aliphatic carbocycles. The van der Waals surface area contributed by atoms with Crippen molar-refractivity contribution in [2.45, 2.75) is 64.2 Å². The fourth-order valence-electron chi connectivity index (χ4n) is 2.32. The van der Waals surface area contributed by atoms with Crippen molar-refractivity contribution < 1.29 is 8.98 Å². The van der Waals surface area contributed by atoms with Crippen LogP contribution in [0.25, 0.3) is 0 Å². The van der Waals surface area contributed by atoms with E-state index >= 15 is 0 Å². The quantitative estimate of drug-likeness (QED) is 0.560. The molecule has 23 heavy (non-hydrogen) atoms. The van der Waals surface area contributed by atoms with Crippen LogP contribution >= 0.6 is 23.6 Å². The summed E-state index contributed by atoms with van der Waals surface area (Å²) in [5.74, 6) is 0.944. The van der Waals surface area contributed by atoms with Gasteiger partial charge < -0.3 is 9.50 Å². The Balaban J connectivity index is 2.99. The number of carbonyl (C=O) groups excluding carboxylic acids is 1. The van der Waals surface area contributed by atoms with E-state index in [0.29, 0.717) is 23.2 Å². The highest BCUT2D eigenvalue weighted by atomic mass is 35.5. The topological polar surface area (TPSA) is 51.2 Å². The third kappa shape index (κ3) is 6.22. The molecule has 1 rings (SSSR count). The number of nitrogens with one attached hydrogen (secondary N) is 1. The number of pyridine rings is 1. The predicted octanol–water partition coefficient (Wildman–Crippen LogP) is 5.50. The van der Waals surface area contributed by atoms with E-state index in [4.69, 9.17) is 15.8 Å². The summed E-state index contributed by atoms with van der Waals surface area (Å²) in [6, 6.07) is 0. The number of hydrogen-bond acceptors (Lipinski definition) is 5. The van der Waals surface area contributed by atoms with Gasteiger partial charge in [-0.25, -0.2) is 4.98 Å². The Morgan fingerprint density at radius 2 is 2.17 bits per heavy atom. The van der Waals surface area contributed by atoms with Gasteiger partial charge in [-0.1, -0.05) is 58.1 Å². The van der Waals surface area contributed by atoms with E-state index in [1.165, 1.54) is 19.3 Å². The fraction of sp³-hybridized carbons (Fsp3) is 0.647. The van der Waals surface area contributed by atoms with Crippen LogP contribution in [0.2, 0.25) is 5.02 Å². The van der Waals surface area contributed by atoms with Crippen molar-refractivity contribution in [3.8, 4) is 0 Å². The van der Waals surface area contributed by atoms with E-state index in [1.54, 1.807) is 14.0 Å². The maximum absolute atomic E-state index is 11.5. The highest BCUT2D eigenvalue weighted by molar-refractivity contribution is 7.95. The normalized spacial score (nSPS) is 12.0. The molecule has 1 atom stereocenters. The fourth-order valence-corrected chi connectivity index (χ4v) is 3.38. The highest BCUT2D eigenvalue weighted by Gasteiger charge is 2.18. The number of halogens is 1. The number of unbranched alkanes of at least 4 members (excludes halogenated alkanes) is 1. The van der Waals surface area contributed by atoms with E-state index in [-0.39, 0.29) is 5.97 Å². The number of hydrogen-bond donors (Lipinski definition) is 1. The van der Waals surface area contributed by atoms with Gasteiger partial charge in [0.25, 0.3) is 0 Å². The molecule has 130 valence electrons. The van der Waals surface area contributed by atoms with Crippen LogP contribution in [0.15, 0.2) is 11.1 Å². The Morgan fingerprint density at radius 1 is 1.43 bits per heavy atom. The first-order valence-electron chi connectivity index (χ1n) is 8.29. The lowest BCUT2D eigenvalue weighted by molar-refractivity contribution is -0.132. The van der Waals surface area contributed by atoms with E-state index in [9.17, 15) is 4.79 Å². The minimum Gasteiger partial charge on any atom is -0.386 e. The second-order valence-electron chi connectivity index (χ2n) is 5.54. The standard InChI is InChI=1S/C17H27ClN2O2S/c1-5-8-9-12(6-2)10-13-11-20-17(19-4)15(18)16(13)23-22-14(21)7-3/h11-12H,5-10H2,1-4H3,(H,19,20). The third-order valence-corrected chi connectivity index (χ3v) is 5.23. The predicted molar refractivity (Wildman–Crippen MR) is 98.0 cm³/mol. The first kappa shape index (κ1) is 20.1. The van der Waals surface area contributed by atoms with Crippen molar-refractivity contribution in [3.63, 3.8) is 0 Å². The maximum atomic E-state index is 11.5.